The van der Waals surface area contributed by atoms with Gasteiger partial charge in [-0.25, -0.2) is 4.79 Å². The van der Waals surface area contributed by atoms with Crippen LogP contribution in [-0.4, -0.2) is 12.6 Å². The Kier molecular flexibility index (Phi) is 2.33. The van der Waals surface area contributed by atoms with E-state index in [-0.39, 0.29) is 12.1 Å². The maximum absolute atomic E-state index is 10.9. The van der Waals surface area contributed by atoms with Crippen LogP contribution in [-0.2, 0) is 0 Å². The fourth-order valence-corrected chi connectivity index (χ4v) is 1.67. The van der Waals surface area contributed by atoms with Crippen molar-refractivity contribution in [3.05, 3.63) is 34.3 Å². The van der Waals surface area contributed by atoms with Gasteiger partial charge < -0.3 is 10.6 Å². The predicted molar refractivity (Wildman–Crippen MR) is 55.5 cm³/mol. The second-order valence-electron chi connectivity index (χ2n) is 3.42. The second-order valence-corrected chi connectivity index (χ2v) is 3.82. The van der Waals surface area contributed by atoms with Crippen LogP contribution in [0.25, 0.3) is 0 Å². The molecule has 2 rings (SSSR count). The smallest absolute Gasteiger partial charge is 0.315 e. The topological polar surface area (TPSA) is 41.1 Å². The molecule has 0 aliphatic carbocycles. The highest BCUT2D eigenvalue weighted by Crippen LogP contribution is 2.22. The summed E-state index contributed by atoms with van der Waals surface area (Å²) in [6.07, 6.45) is 0. The molecule has 1 saturated heterocycles. The minimum Gasteiger partial charge on any atom is -0.336 e. The standard InChI is InChI=1S/C10H11ClN2O/c1-6-2-3-7(4-8(6)11)9-5-12-10(14)13-9/h2-4,9H,5H2,1H3,(H2,12,13,14). The monoisotopic (exact) mass is 210 g/mol. The summed E-state index contributed by atoms with van der Waals surface area (Å²) in [7, 11) is 0. The molecule has 2 N–H and O–H groups in total. The minimum absolute atomic E-state index is 0.0422. The molecule has 0 aromatic heterocycles. The fraction of sp³-hybridized carbons (Fsp3) is 0.300. The van der Waals surface area contributed by atoms with Crippen LogP contribution in [0.1, 0.15) is 17.2 Å². The van der Waals surface area contributed by atoms with Crippen LogP contribution >= 0.6 is 11.6 Å². The van der Waals surface area contributed by atoms with Gasteiger partial charge in [0.1, 0.15) is 0 Å². The van der Waals surface area contributed by atoms with Gasteiger partial charge in [0.2, 0.25) is 0 Å². The molecule has 74 valence electrons. The molecule has 1 unspecified atom stereocenters. The molecule has 3 nitrogen and oxygen atoms in total. The number of urea groups is 1. The van der Waals surface area contributed by atoms with Gasteiger partial charge in [-0.05, 0) is 24.1 Å². The van der Waals surface area contributed by atoms with E-state index in [1.807, 2.05) is 25.1 Å². The van der Waals surface area contributed by atoms with Crippen molar-refractivity contribution in [2.45, 2.75) is 13.0 Å². The SMILES string of the molecule is Cc1ccc(C2CNC(=O)N2)cc1Cl. The Bertz CT molecular complexity index is 378. The van der Waals surface area contributed by atoms with Crippen molar-refractivity contribution in [2.24, 2.45) is 0 Å². The van der Waals surface area contributed by atoms with Crippen molar-refractivity contribution in [2.75, 3.05) is 6.54 Å². The summed E-state index contributed by atoms with van der Waals surface area (Å²) < 4.78 is 0. The number of halogens is 1. The maximum Gasteiger partial charge on any atom is 0.315 e. The van der Waals surface area contributed by atoms with E-state index in [0.717, 1.165) is 16.1 Å². The van der Waals surface area contributed by atoms with Crippen LogP contribution in [0.5, 0.6) is 0 Å². The van der Waals surface area contributed by atoms with Crippen LogP contribution < -0.4 is 10.6 Å². The summed E-state index contributed by atoms with van der Waals surface area (Å²) in [5, 5.41) is 6.26. The van der Waals surface area contributed by atoms with Gasteiger partial charge in [-0.2, -0.15) is 0 Å². The molecular weight excluding hydrogens is 200 g/mol. The summed E-state index contributed by atoms with van der Waals surface area (Å²) >= 11 is 6.00. The molecule has 0 radical (unpaired) electrons. The highest BCUT2D eigenvalue weighted by Gasteiger charge is 2.21. The lowest BCUT2D eigenvalue weighted by Crippen LogP contribution is -2.21. The predicted octanol–water partition coefficient (Wildman–Crippen LogP) is 2.00. The largest absolute Gasteiger partial charge is 0.336 e. The highest BCUT2D eigenvalue weighted by atomic mass is 35.5. The number of carbonyl (C=O) groups is 1. The molecular formula is C10H11ClN2O. The van der Waals surface area contributed by atoms with Crippen molar-refractivity contribution >= 4 is 17.6 Å². The van der Waals surface area contributed by atoms with E-state index in [1.165, 1.54) is 0 Å². The van der Waals surface area contributed by atoms with Crippen molar-refractivity contribution in [3.8, 4) is 0 Å². The number of benzene rings is 1. The second kappa shape index (κ2) is 3.50. The lowest BCUT2D eigenvalue weighted by Gasteiger charge is -2.09. The van der Waals surface area contributed by atoms with Crippen LogP contribution in [0.15, 0.2) is 18.2 Å². The summed E-state index contributed by atoms with van der Waals surface area (Å²) in [5.41, 5.74) is 2.09. The first-order valence-corrected chi connectivity index (χ1v) is 4.85. The Morgan fingerprint density at radius 3 is 2.86 bits per heavy atom. The lowest BCUT2D eigenvalue weighted by molar-refractivity contribution is 0.247. The molecule has 1 heterocycles. The fourth-order valence-electron chi connectivity index (χ4n) is 1.48. The van der Waals surface area contributed by atoms with E-state index in [4.69, 9.17) is 11.6 Å². The number of hydrogen-bond acceptors (Lipinski definition) is 1. The lowest BCUT2D eigenvalue weighted by atomic mass is 10.1. The summed E-state index contributed by atoms with van der Waals surface area (Å²) in [6, 6.07) is 5.77. The quantitative estimate of drug-likeness (QED) is 0.732. The molecule has 1 aliphatic heterocycles. The van der Waals surface area contributed by atoms with E-state index < -0.39 is 0 Å². The number of hydrogen-bond donors (Lipinski definition) is 2. The molecule has 0 spiro atoms. The van der Waals surface area contributed by atoms with E-state index in [1.54, 1.807) is 0 Å². The molecule has 0 bridgehead atoms. The number of carbonyl (C=O) groups excluding carboxylic acids is 1. The summed E-state index contributed by atoms with van der Waals surface area (Å²) in [4.78, 5) is 10.9. The maximum atomic E-state index is 10.9. The zero-order chi connectivity index (χ0) is 10.1. The Labute approximate surface area is 87.4 Å². The van der Waals surface area contributed by atoms with Gasteiger partial charge in [-0.1, -0.05) is 23.7 Å². The van der Waals surface area contributed by atoms with Crippen molar-refractivity contribution in [1.29, 1.82) is 0 Å². The molecule has 1 aromatic carbocycles. The first kappa shape index (κ1) is 9.34. The van der Waals surface area contributed by atoms with Crippen molar-refractivity contribution < 1.29 is 4.79 Å². The average Bonchev–Trinajstić information content (AvgIpc) is 2.57. The molecule has 1 atom stereocenters. The Hall–Kier alpha value is -1.22. The number of amides is 2. The van der Waals surface area contributed by atoms with Gasteiger partial charge in [-0.3, -0.25) is 0 Å². The van der Waals surface area contributed by atoms with Gasteiger partial charge in [-0.15, -0.1) is 0 Å². The average molecular weight is 211 g/mol. The van der Waals surface area contributed by atoms with Gasteiger partial charge in [0.15, 0.2) is 0 Å². The van der Waals surface area contributed by atoms with Gasteiger partial charge in [0.25, 0.3) is 0 Å². The third-order valence-electron chi connectivity index (χ3n) is 2.37. The molecule has 14 heavy (non-hydrogen) atoms. The van der Waals surface area contributed by atoms with E-state index in [9.17, 15) is 4.79 Å². The minimum atomic E-state index is -0.119. The first-order chi connectivity index (χ1) is 6.66. The van der Waals surface area contributed by atoms with E-state index in [2.05, 4.69) is 10.6 Å². The van der Waals surface area contributed by atoms with E-state index >= 15 is 0 Å². The Morgan fingerprint density at radius 1 is 1.50 bits per heavy atom. The molecule has 1 aromatic rings. The summed E-state index contributed by atoms with van der Waals surface area (Å²) in [5.74, 6) is 0. The van der Waals surface area contributed by atoms with Crippen molar-refractivity contribution in [1.82, 2.24) is 10.6 Å². The van der Waals surface area contributed by atoms with Crippen LogP contribution in [0.2, 0.25) is 5.02 Å². The van der Waals surface area contributed by atoms with Gasteiger partial charge in [0, 0.05) is 11.6 Å². The van der Waals surface area contributed by atoms with Crippen LogP contribution in [0.3, 0.4) is 0 Å². The third kappa shape index (κ3) is 1.68. The van der Waals surface area contributed by atoms with Crippen molar-refractivity contribution in [3.63, 3.8) is 0 Å². The zero-order valence-corrected chi connectivity index (χ0v) is 8.56. The molecule has 0 saturated carbocycles. The highest BCUT2D eigenvalue weighted by molar-refractivity contribution is 6.31. The molecule has 1 aliphatic rings. The van der Waals surface area contributed by atoms with Crippen LogP contribution in [0.4, 0.5) is 4.79 Å². The Balaban J connectivity index is 2.24. The third-order valence-corrected chi connectivity index (χ3v) is 2.78. The molecule has 2 amide bonds. The van der Waals surface area contributed by atoms with Gasteiger partial charge >= 0.3 is 6.03 Å². The number of rotatable bonds is 1. The molecule has 1 fully saturated rings. The number of nitrogens with one attached hydrogen (secondary N) is 2. The normalized spacial score (nSPS) is 20.4. The zero-order valence-electron chi connectivity index (χ0n) is 7.80. The first-order valence-electron chi connectivity index (χ1n) is 4.47. The van der Waals surface area contributed by atoms with Crippen LogP contribution in [0, 0.1) is 6.92 Å². The number of aryl methyl sites for hydroxylation is 1. The Morgan fingerprint density at radius 2 is 2.29 bits per heavy atom. The summed E-state index contributed by atoms with van der Waals surface area (Å²) in [6.45, 7) is 2.58. The van der Waals surface area contributed by atoms with Gasteiger partial charge in [0.05, 0.1) is 6.04 Å². The molecule has 4 heteroatoms. The van der Waals surface area contributed by atoms with E-state index in [0.29, 0.717) is 6.54 Å².